The molecule has 22 heavy (non-hydrogen) atoms. The maximum absolute atomic E-state index is 4.48. The van der Waals surface area contributed by atoms with Crippen molar-refractivity contribution in [1.29, 1.82) is 0 Å². The lowest BCUT2D eigenvalue weighted by atomic mass is 10.2. The SMILES string of the molecule is CN=C(NCCCCc1nc(C)cs1)NCCn1cccc1. The molecule has 0 aliphatic heterocycles. The molecule has 0 saturated carbocycles. The zero-order valence-electron chi connectivity index (χ0n) is 13.4. The monoisotopic (exact) mass is 319 g/mol. The molecular weight excluding hydrogens is 294 g/mol. The van der Waals surface area contributed by atoms with Gasteiger partial charge in [-0.2, -0.15) is 0 Å². The fourth-order valence-corrected chi connectivity index (χ4v) is 2.99. The maximum Gasteiger partial charge on any atom is 0.191 e. The highest BCUT2D eigenvalue weighted by molar-refractivity contribution is 7.09. The Morgan fingerprint density at radius 1 is 1.23 bits per heavy atom. The number of guanidine groups is 1. The topological polar surface area (TPSA) is 54.2 Å². The Labute approximate surface area is 136 Å². The van der Waals surface area contributed by atoms with Crippen LogP contribution in [-0.4, -0.2) is 35.6 Å². The molecule has 0 aliphatic rings. The molecule has 2 aromatic rings. The van der Waals surface area contributed by atoms with Crippen molar-refractivity contribution in [3.05, 3.63) is 40.6 Å². The van der Waals surface area contributed by atoms with Gasteiger partial charge in [-0.05, 0) is 38.3 Å². The number of hydrogen-bond acceptors (Lipinski definition) is 3. The molecule has 2 heterocycles. The molecule has 6 heteroatoms. The lowest BCUT2D eigenvalue weighted by Crippen LogP contribution is -2.39. The summed E-state index contributed by atoms with van der Waals surface area (Å²) in [5.41, 5.74) is 1.13. The first-order valence-electron chi connectivity index (χ1n) is 7.74. The first kappa shape index (κ1) is 16.5. The Kier molecular flexibility index (Phi) is 6.96. The van der Waals surface area contributed by atoms with Gasteiger partial charge in [0.1, 0.15) is 0 Å². The first-order valence-corrected chi connectivity index (χ1v) is 8.62. The molecule has 0 radical (unpaired) electrons. The molecule has 2 aromatic heterocycles. The minimum atomic E-state index is 0.868. The van der Waals surface area contributed by atoms with Gasteiger partial charge in [-0.1, -0.05) is 0 Å². The van der Waals surface area contributed by atoms with Crippen LogP contribution in [0.2, 0.25) is 0 Å². The third kappa shape index (κ3) is 5.89. The number of nitrogens with zero attached hydrogens (tertiary/aromatic N) is 3. The molecule has 120 valence electrons. The number of nitrogens with one attached hydrogen (secondary N) is 2. The molecule has 0 atom stereocenters. The van der Waals surface area contributed by atoms with E-state index in [1.54, 1.807) is 11.3 Å². The van der Waals surface area contributed by atoms with E-state index in [9.17, 15) is 0 Å². The Hall–Kier alpha value is -1.82. The third-order valence-electron chi connectivity index (χ3n) is 3.33. The number of unbranched alkanes of at least 4 members (excludes halogenated alkanes) is 1. The van der Waals surface area contributed by atoms with E-state index < -0.39 is 0 Å². The zero-order chi connectivity index (χ0) is 15.6. The molecule has 0 aliphatic carbocycles. The summed E-state index contributed by atoms with van der Waals surface area (Å²) in [6.45, 7) is 4.79. The van der Waals surface area contributed by atoms with Crippen LogP contribution in [0.5, 0.6) is 0 Å². The summed E-state index contributed by atoms with van der Waals surface area (Å²) in [5, 5.41) is 10.0. The van der Waals surface area contributed by atoms with E-state index in [2.05, 4.69) is 43.0 Å². The summed E-state index contributed by atoms with van der Waals surface area (Å²) >= 11 is 1.76. The van der Waals surface area contributed by atoms with Crippen molar-refractivity contribution in [2.75, 3.05) is 20.1 Å². The summed E-state index contributed by atoms with van der Waals surface area (Å²) in [4.78, 5) is 8.73. The smallest absolute Gasteiger partial charge is 0.191 e. The van der Waals surface area contributed by atoms with E-state index in [0.717, 1.165) is 50.6 Å². The first-order chi connectivity index (χ1) is 10.8. The maximum atomic E-state index is 4.48. The molecule has 0 aromatic carbocycles. The van der Waals surface area contributed by atoms with Crippen molar-refractivity contribution >= 4 is 17.3 Å². The Bertz CT molecular complexity index is 559. The number of hydrogen-bond donors (Lipinski definition) is 2. The van der Waals surface area contributed by atoms with Gasteiger partial charge in [-0.3, -0.25) is 4.99 Å². The van der Waals surface area contributed by atoms with Gasteiger partial charge in [0.25, 0.3) is 0 Å². The fourth-order valence-electron chi connectivity index (χ4n) is 2.17. The van der Waals surface area contributed by atoms with E-state index >= 15 is 0 Å². The Balaban J connectivity index is 1.54. The van der Waals surface area contributed by atoms with E-state index in [0.29, 0.717) is 0 Å². The van der Waals surface area contributed by atoms with Crippen molar-refractivity contribution < 1.29 is 0 Å². The van der Waals surface area contributed by atoms with Crippen LogP contribution in [-0.2, 0) is 13.0 Å². The Morgan fingerprint density at radius 3 is 2.68 bits per heavy atom. The van der Waals surface area contributed by atoms with Crippen molar-refractivity contribution in [3.8, 4) is 0 Å². The summed E-state index contributed by atoms with van der Waals surface area (Å²) in [6, 6.07) is 4.08. The zero-order valence-corrected chi connectivity index (χ0v) is 14.2. The average Bonchev–Trinajstić information content (AvgIpc) is 3.17. The summed E-state index contributed by atoms with van der Waals surface area (Å²) in [6.07, 6.45) is 7.48. The fraction of sp³-hybridized carbons (Fsp3) is 0.500. The third-order valence-corrected chi connectivity index (χ3v) is 4.36. The molecule has 5 nitrogen and oxygen atoms in total. The van der Waals surface area contributed by atoms with Gasteiger partial charge in [-0.25, -0.2) is 4.98 Å². The summed E-state index contributed by atoms with van der Waals surface area (Å²) in [7, 11) is 1.81. The van der Waals surface area contributed by atoms with Gasteiger partial charge < -0.3 is 15.2 Å². The van der Waals surface area contributed by atoms with E-state index in [1.807, 2.05) is 26.1 Å². The highest BCUT2D eigenvalue weighted by Crippen LogP contribution is 2.11. The average molecular weight is 319 g/mol. The molecular formula is C16H25N5S. The molecule has 0 bridgehead atoms. The van der Waals surface area contributed by atoms with Gasteiger partial charge in [0.05, 0.1) is 5.01 Å². The second-order valence-electron chi connectivity index (χ2n) is 5.19. The Morgan fingerprint density at radius 2 is 2.00 bits per heavy atom. The van der Waals surface area contributed by atoms with E-state index in [1.165, 1.54) is 5.01 Å². The van der Waals surface area contributed by atoms with Crippen molar-refractivity contribution in [2.45, 2.75) is 32.7 Å². The number of aryl methyl sites for hydroxylation is 2. The predicted molar refractivity (Wildman–Crippen MR) is 93.6 cm³/mol. The second-order valence-corrected chi connectivity index (χ2v) is 6.13. The molecule has 0 unspecified atom stereocenters. The molecule has 2 rings (SSSR count). The van der Waals surface area contributed by atoms with Crippen LogP contribution in [0, 0.1) is 6.92 Å². The normalized spacial score (nSPS) is 11.6. The van der Waals surface area contributed by atoms with Gasteiger partial charge >= 0.3 is 0 Å². The quantitative estimate of drug-likeness (QED) is 0.446. The number of aromatic nitrogens is 2. The minimum Gasteiger partial charge on any atom is -0.356 e. The predicted octanol–water partition coefficient (Wildman–Crippen LogP) is 2.44. The number of rotatable bonds is 8. The summed E-state index contributed by atoms with van der Waals surface area (Å²) < 4.78 is 2.15. The summed E-state index contributed by atoms with van der Waals surface area (Å²) in [5.74, 6) is 0.872. The van der Waals surface area contributed by atoms with Crippen LogP contribution >= 0.6 is 11.3 Å². The lowest BCUT2D eigenvalue weighted by Gasteiger charge is -2.12. The molecule has 0 fully saturated rings. The number of aliphatic imine (C=N–C) groups is 1. The second kappa shape index (κ2) is 9.25. The molecule has 2 N–H and O–H groups in total. The lowest BCUT2D eigenvalue weighted by molar-refractivity contribution is 0.653. The van der Waals surface area contributed by atoms with Crippen molar-refractivity contribution in [2.24, 2.45) is 4.99 Å². The van der Waals surface area contributed by atoms with Crippen LogP contribution in [0.25, 0.3) is 0 Å². The standard InChI is InChI=1S/C16H25N5S/c1-14-13-22-15(20-14)7-3-4-8-18-16(17-2)19-9-12-21-10-5-6-11-21/h5-6,10-11,13H,3-4,7-9,12H2,1-2H3,(H2,17,18,19). The minimum absolute atomic E-state index is 0.868. The van der Waals surface area contributed by atoms with Crippen LogP contribution < -0.4 is 10.6 Å². The molecule has 0 saturated heterocycles. The van der Waals surface area contributed by atoms with Gasteiger partial charge in [0.15, 0.2) is 5.96 Å². The van der Waals surface area contributed by atoms with E-state index in [-0.39, 0.29) is 0 Å². The van der Waals surface area contributed by atoms with Crippen LogP contribution in [0.3, 0.4) is 0 Å². The van der Waals surface area contributed by atoms with Crippen LogP contribution in [0.4, 0.5) is 0 Å². The number of thiazole rings is 1. The van der Waals surface area contributed by atoms with Crippen molar-refractivity contribution in [3.63, 3.8) is 0 Å². The van der Waals surface area contributed by atoms with Crippen LogP contribution in [0.15, 0.2) is 34.9 Å². The van der Waals surface area contributed by atoms with Gasteiger partial charge in [0.2, 0.25) is 0 Å². The molecule has 0 amide bonds. The van der Waals surface area contributed by atoms with Gasteiger partial charge in [0, 0.05) is 50.1 Å². The van der Waals surface area contributed by atoms with Crippen LogP contribution in [0.1, 0.15) is 23.5 Å². The largest absolute Gasteiger partial charge is 0.356 e. The van der Waals surface area contributed by atoms with Crippen molar-refractivity contribution in [1.82, 2.24) is 20.2 Å². The van der Waals surface area contributed by atoms with Gasteiger partial charge in [-0.15, -0.1) is 11.3 Å². The van der Waals surface area contributed by atoms with E-state index in [4.69, 9.17) is 0 Å². The highest BCUT2D eigenvalue weighted by Gasteiger charge is 2.00. The molecule has 0 spiro atoms. The highest BCUT2D eigenvalue weighted by atomic mass is 32.1.